The highest BCUT2D eigenvalue weighted by molar-refractivity contribution is 7.17. The summed E-state index contributed by atoms with van der Waals surface area (Å²) in [5, 5.41) is 4.75. The van der Waals surface area contributed by atoms with Gasteiger partial charge in [0.25, 0.3) is 5.56 Å². The number of aromatic nitrogens is 2. The van der Waals surface area contributed by atoms with Gasteiger partial charge >= 0.3 is 0 Å². The number of rotatable bonds is 7. The Morgan fingerprint density at radius 2 is 1.90 bits per heavy atom. The van der Waals surface area contributed by atoms with Crippen LogP contribution < -0.4 is 20.3 Å². The number of hydrogen-bond acceptors (Lipinski definition) is 6. The number of nitrogens with one attached hydrogen (secondary N) is 1. The number of carbonyl (C=O) groups is 1. The lowest BCUT2D eigenvalue weighted by atomic mass is 10.1. The molecule has 0 bridgehead atoms. The molecule has 2 aromatic heterocycles. The number of fused-ring (bicyclic) bond motifs is 1. The fraction of sp³-hybridized carbons (Fsp3) is 0.174. The second-order valence-corrected chi connectivity index (χ2v) is 7.68. The lowest BCUT2D eigenvalue weighted by molar-refractivity contribution is -0.121. The average Bonchev–Trinajstić information content (AvgIpc) is 3.24. The normalized spacial score (nSPS) is 10.8. The minimum atomic E-state index is -0.298. The van der Waals surface area contributed by atoms with E-state index in [1.165, 1.54) is 22.2 Å². The van der Waals surface area contributed by atoms with E-state index in [-0.39, 0.29) is 24.6 Å². The van der Waals surface area contributed by atoms with Gasteiger partial charge in [-0.25, -0.2) is 4.98 Å². The molecule has 7 nitrogen and oxygen atoms in total. The number of thiophene rings is 1. The first kappa shape index (κ1) is 20.6. The summed E-state index contributed by atoms with van der Waals surface area (Å²) in [5.41, 5.74) is 3.12. The molecule has 0 saturated carbocycles. The SMILES string of the molecule is COc1cccc(CNC(=O)Cn2cnc3c(-c4ccccc4)csc3c2=O)c1OC. The van der Waals surface area contributed by atoms with E-state index in [4.69, 9.17) is 9.47 Å². The predicted octanol–water partition coefficient (Wildman–Crippen LogP) is 3.46. The number of ether oxygens (including phenoxy) is 2. The van der Waals surface area contributed by atoms with E-state index in [1.54, 1.807) is 20.3 Å². The quantitative estimate of drug-likeness (QED) is 0.481. The predicted molar refractivity (Wildman–Crippen MR) is 121 cm³/mol. The molecule has 0 aliphatic rings. The Morgan fingerprint density at radius 1 is 1.10 bits per heavy atom. The van der Waals surface area contributed by atoms with Crippen molar-refractivity contribution >= 4 is 27.5 Å². The maximum absolute atomic E-state index is 12.9. The van der Waals surface area contributed by atoms with Crippen molar-refractivity contribution in [1.29, 1.82) is 0 Å². The maximum atomic E-state index is 12.9. The summed E-state index contributed by atoms with van der Waals surface area (Å²) in [7, 11) is 3.11. The number of benzene rings is 2. The zero-order valence-corrected chi connectivity index (χ0v) is 17.9. The summed E-state index contributed by atoms with van der Waals surface area (Å²) in [5.74, 6) is 0.859. The van der Waals surface area contributed by atoms with Crippen LogP contribution in [-0.2, 0) is 17.9 Å². The van der Waals surface area contributed by atoms with Crippen LogP contribution in [0, 0.1) is 0 Å². The highest BCUT2D eigenvalue weighted by atomic mass is 32.1. The minimum absolute atomic E-state index is 0.118. The summed E-state index contributed by atoms with van der Waals surface area (Å²) in [6.45, 7) is 0.132. The van der Waals surface area contributed by atoms with Crippen molar-refractivity contribution < 1.29 is 14.3 Å². The van der Waals surface area contributed by atoms with Gasteiger partial charge in [-0.3, -0.25) is 14.2 Å². The highest BCUT2D eigenvalue weighted by Gasteiger charge is 2.15. The summed E-state index contributed by atoms with van der Waals surface area (Å²) < 4.78 is 12.5. The number of hydrogen-bond donors (Lipinski definition) is 1. The molecule has 2 aromatic carbocycles. The van der Waals surface area contributed by atoms with Gasteiger partial charge in [0.2, 0.25) is 5.91 Å². The zero-order valence-electron chi connectivity index (χ0n) is 17.1. The maximum Gasteiger partial charge on any atom is 0.271 e. The second kappa shape index (κ2) is 9.01. The van der Waals surface area contributed by atoms with Crippen molar-refractivity contribution in [1.82, 2.24) is 14.9 Å². The molecule has 4 aromatic rings. The van der Waals surface area contributed by atoms with Crippen LogP contribution in [0.4, 0.5) is 0 Å². The number of amides is 1. The van der Waals surface area contributed by atoms with Crippen molar-refractivity contribution in [2.75, 3.05) is 14.2 Å². The molecular formula is C23H21N3O4S. The molecule has 0 radical (unpaired) electrons. The third-order valence-corrected chi connectivity index (χ3v) is 5.86. The minimum Gasteiger partial charge on any atom is -0.493 e. The van der Waals surface area contributed by atoms with Crippen LogP contribution in [0.1, 0.15) is 5.56 Å². The summed E-state index contributed by atoms with van der Waals surface area (Å²) in [6.07, 6.45) is 1.43. The smallest absolute Gasteiger partial charge is 0.271 e. The van der Waals surface area contributed by atoms with Gasteiger partial charge in [0.1, 0.15) is 11.2 Å². The second-order valence-electron chi connectivity index (χ2n) is 6.80. The standard InChI is InChI=1S/C23H21N3O4S/c1-29-18-10-6-9-16(21(18)30-2)11-24-19(27)12-26-14-25-20-17(13-31-22(20)23(26)28)15-7-4-3-5-8-15/h3-10,13-14H,11-12H2,1-2H3,(H,24,27). The Kier molecular flexibility index (Phi) is 5.99. The molecule has 8 heteroatoms. The van der Waals surface area contributed by atoms with Gasteiger partial charge in [-0.2, -0.15) is 0 Å². The van der Waals surface area contributed by atoms with E-state index in [2.05, 4.69) is 10.3 Å². The van der Waals surface area contributed by atoms with Crippen molar-refractivity contribution in [3.63, 3.8) is 0 Å². The molecule has 0 unspecified atom stereocenters. The van der Waals surface area contributed by atoms with E-state index in [1.807, 2.05) is 47.8 Å². The molecule has 0 atom stereocenters. The fourth-order valence-electron chi connectivity index (χ4n) is 3.37. The fourth-order valence-corrected chi connectivity index (χ4v) is 4.35. The molecule has 0 spiro atoms. The molecular weight excluding hydrogens is 414 g/mol. The first-order valence-electron chi connectivity index (χ1n) is 9.61. The van der Waals surface area contributed by atoms with Crippen LogP contribution in [0.25, 0.3) is 21.3 Å². The van der Waals surface area contributed by atoms with E-state index in [0.29, 0.717) is 21.7 Å². The average molecular weight is 436 g/mol. The number of nitrogens with zero attached hydrogens (tertiary/aromatic N) is 2. The molecule has 1 N–H and O–H groups in total. The van der Waals surface area contributed by atoms with Crippen LogP contribution in [0.5, 0.6) is 11.5 Å². The van der Waals surface area contributed by atoms with Gasteiger partial charge in [0, 0.05) is 23.1 Å². The molecule has 0 aliphatic heterocycles. The first-order chi connectivity index (χ1) is 15.1. The number of para-hydroxylation sites is 1. The van der Waals surface area contributed by atoms with Crippen molar-refractivity contribution in [2.45, 2.75) is 13.1 Å². The van der Waals surface area contributed by atoms with Crippen molar-refractivity contribution in [3.05, 3.63) is 76.2 Å². The Hall–Kier alpha value is -3.65. The van der Waals surface area contributed by atoms with Gasteiger partial charge in [0.15, 0.2) is 11.5 Å². The molecule has 0 saturated heterocycles. The largest absolute Gasteiger partial charge is 0.493 e. The van der Waals surface area contributed by atoms with Crippen molar-refractivity contribution in [3.8, 4) is 22.6 Å². The number of carbonyl (C=O) groups excluding carboxylic acids is 1. The topological polar surface area (TPSA) is 82.5 Å². The van der Waals surface area contributed by atoms with E-state index in [9.17, 15) is 9.59 Å². The molecule has 0 aliphatic carbocycles. The lowest BCUT2D eigenvalue weighted by Crippen LogP contribution is -2.32. The van der Waals surface area contributed by atoms with Crippen LogP contribution in [0.2, 0.25) is 0 Å². The van der Waals surface area contributed by atoms with Gasteiger partial charge in [-0.15, -0.1) is 11.3 Å². The van der Waals surface area contributed by atoms with Crippen LogP contribution in [-0.4, -0.2) is 29.7 Å². The monoisotopic (exact) mass is 435 g/mol. The third-order valence-electron chi connectivity index (χ3n) is 4.91. The molecule has 158 valence electrons. The third kappa shape index (κ3) is 4.15. The first-order valence-corrected chi connectivity index (χ1v) is 10.5. The number of methoxy groups -OCH3 is 2. The van der Waals surface area contributed by atoms with E-state index < -0.39 is 0 Å². The van der Waals surface area contributed by atoms with E-state index in [0.717, 1.165) is 16.7 Å². The zero-order chi connectivity index (χ0) is 21.8. The molecule has 0 fully saturated rings. The van der Waals surface area contributed by atoms with Crippen LogP contribution in [0.15, 0.2) is 65.0 Å². The lowest BCUT2D eigenvalue weighted by Gasteiger charge is -2.13. The summed E-state index contributed by atoms with van der Waals surface area (Å²) in [4.78, 5) is 29.8. The van der Waals surface area contributed by atoms with Gasteiger partial charge in [-0.05, 0) is 11.6 Å². The van der Waals surface area contributed by atoms with Crippen LogP contribution in [0.3, 0.4) is 0 Å². The Labute approximate surface area is 182 Å². The Morgan fingerprint density at radius 3 is 2.65 bits per heavy atom. The summed E-state index contributed by atoms with van der Waals surface area (Å²) in [6, 6.07) is 15.3. The molecule has 1 amide bonds. The Balaban J connectivity index is 1.51. The molecule has 31 heavy (non-hydrogen) atoms. The van der Waals surface area contributed by atoms with Gasteiger partial charge < -0.3 is 14.8 Å². The summed E-state index contributed by atoms with van der Waals surface area (Å²) >= 11 is 1.34. The van der Waals surface area contributed by atoms with Crippen LogP contribution >= 0.6 is 11.3 Å². The van der Waals surface area contributed by atoms with Crippen molar-refractivity contribution in [2.24, 2.45) is 0 Å². The highest BCUT2D eigenvalue weighted by Crippen LogP contribution is 2.31. The molecule has 4 rings (SSSR count). The molecule has 2 heterocycles. The van der Waals surface area contributed by atoms with Gasteiger partial charge in [0.05, 0.1) is 26.1 Å². The van der Waals surface area contributed by atoms with E-state index >= 15 is 0 Å². The Bertz CT molecular complexity index is 1280. The van der Waals surface area contributed by atoms with Gasteiger partial charge in [-0.1, -0.05) is 42.5 Å².